The maximum absolute atomic E-state index is 12.0. The number of halogens is 1. The van der Waals surface area contributed by atoms with E-state index >= 15 is 0 Å². The molecule has 2 heterocycles. The SMILES string of the molecule is Cl.O=C(Cn1ccc(C2CCCNC2)n1)NC/C=C/c1ccccc1. The molecule has 2 aromatic rings. The number of benzene rings is 1. The summed E-state index contributed by atoms with van der Waals surface area (Å²) in [5.41, 5.74) is 2.21. The lowest BCUT2D eigenvalue weighted by Gasteiger charge is -2.20. The van der Waals surface area contributed by atoms with Crippen LogP contribution in [0.3, 0.4) is 0 Å². The van der Waals surface area contributed by atoms with Crippen LogP contribution in [-0.4, -0.2) is 35.3 Å². The largest absolute Gasteiger partial charge is 0.351 e. The minimum absolute atomic E-state index is 0. The molecular formula is C19H25ClN4O. The third-order valence-electron chi connectivity index (χ3n) is 4.21. The van der Waals surface area contributed by atoms with Crippen LogP contribution in [0.5, 0.6) is 0 Å². The van der Waals surface area contributed by atoms with Crippen LogP contribution in [0, 0.1) is 0 Å². The zero-order valence-corrected chi connectivity index (χ0v) is 15.0. The van der Waals surface area contributed by atoms with E-state index in [0.29, 0.717) is 12.5 Å². The first-order chi connectivity index (χ1) is 11.8. The van der Waals surface area contributed by atoms with E-state index < -0.39 is 0 Å². The van der Waals surface area contributed by atoms with Gasteiger partial charge in [-0.05, 0) is 31.0 Å². The molecule has 1 aliphatic heterocycles. The number of amides is 1. The van der Waals surface area contributed by atoms with Crippen LogP contribution in [0.25, 0.3) is 6.08 Å². The Morgan fingerprint density at radius 3 is 2.92 bits per heavy atom. The van der Waals surface area contributed by atoms with E-state index in [9.17, 15) is 4.79 Å². The van der Waals surface area contributed by atoms with Crippen molar-refractivity contribution in [3.8, 4) is 0 Å². The molecule has 0 radical (unpaired) electrons. The summed E-state index contributed by atoms with van der Waals surface area (Å²) < 4.78 is 1.72. The monoisotopic (exact) mass is 360 g/mol. The van der Waals surface area contributed by atoms with Crippen molar-refractivity contribution in [3.05, 3.63) is 59.9 Å². The minimum Gasteiger partial charge on any atom is -0.351 e. The number of hydrogen-bond donors (Lipinski definition) is 2. The number of nitrogens with zero attached hydrogens (tertiary/aromatic N) is 2. The van der Waals surface area contributed by atoms with E-state index in [1.807, 2.05) is 54.7 Å². The van der Waals surface area contributed by atoms with Gasteiger partial charge in [0.1, 0.15) is 6.54 Å². The van der Waals surface area contributed by atoms with Gasteiger partial charge in [-0.25, -0.2) is 0 Å². The summed E-state index contributed by atoms with van der Waals surface area (Å²) in [6.07, 6.45) is 8.20. The Labute approximate surface area is 154 Å². The molecule has 0 saturated carbocycles. The zero-order valence-electron chi connectivity index (χ0n) is 14.2. The Morgan fingerprint density at radius 2 is 2.16 bits per heavy atom. The Bertz CT molecular complexity index is 678. The third kappa shape index (κ3) is 6.03. The van der Waals surface area contributed by atoms with Crippen LogP contribution in [-0.2, 0) is 11.3 Å². The highest BCUT2D eigenvalue weighted by Crippen LogP contribution is 2.21. The molecule has 1 unspecified atom stereocenters. The van der Waals surface area contributed by atoms with Gasteiger partial charge in [-0.15, -0.1) is 12.4 Å². The number of aromatic nitrogens is 2. The molecule has 0 bridgehead atoms. The lowest BCUT2D eigenvalue weighted by molar-refractivity contribution is -0.121. The number of carbonyl (C=O) groups excluding carboxylic acids is 1. The van der Waals surface area contributed by atoms with E-state index in [4.69, 9.17) is 0 Å². The van der Waals surface area contributed by atoms with Gasteiger partial charge in [0.25, 0.3) is 0 Å². The fourth-order valence-corrected chi connectivity index (χ4v) is 2.92. The van der Waals surface area contributed by atoms with Gasteiger partial charge in [0.15, 0.2) is 0 Å². The van der Waals surface area contributed by atoms with E-state index in [0.717, 1.165) is 24.3 Å². The fraction of sp³-hybridized carbons (Fsp3) is 0.368. The molecule has 1 aliphatic rings. The first-order valence-corrected chi connectivity index (χ1v) is 8.53. The Hall–Kier alpha value is -2.11. The highest BCUT2D eigenvalue weighted by Gasteiger charge is 2.17. The van der Waals surface area contributed by atoms with Gasteiger partial charge >= 0.3 is 0 Å². The molecular weight excluding hydrogens is 336 g/mol. The van der Waals surface area contributed by atoms with Crippen LogP contribution in [0.15, 0.2) is 48.7 Å². The normalized spacial score (nSPS) is 17.2. The molecule has 1 aromatic heterocycles. The van der Waals surface area contributed by atoms with Crippen LogP contribution >= 0.6 is 12.4 Å². The highest BCUT2D eigenvalue weighted by molar-refractivity contribution is 5.85. The number of carbonyl (C=O) groups is 1. The molecule has 1 saturated heterocycles. The molecule has 3 rings (SSSR count). The van der Waals surface area contributed by atoms with Crippen molar-refractivity contribution in [1.29, 1.82) is 0 Å². The Morgan fingerprint density at radius 1 is 1.32 bits per heavy atom. The predicted octanol–water partition coefficient (Wildman–Crippen LogP) is 2.60. The lowest BCUT2D eigenvalue weighted by atomic mass is 9.97. The maximum Gasteiger partial charge on any atom is 0.241 e. The van der Waals surface area contributed by atoms with E-state index in [-0.39, 0.29) is 24.9 Å². The summed E-state index contributed by atoms with van der Waals surface area (Å²) in [4.78, 5) is 12.0. The second-order valence-corrected chi connectivity index (χ2v) is 6.10. The second kappa shape index (κ2) is 10.0. The quantitative estimate of drug-likeness (QED) is 0.832. The molecule has 134 valence electrons. The van der Waals surface area contributed by atoms with Crippen molar-refractivity contribution >= 4 is 24.4 Å². The van der Waals surface area contributed by atoms with Gasteiger partial charge < -0.3 is 10.6 Å². The van der Waals surface area contributed by atoms with Crippen LogP contribution in [0.2, 0.25) is 0 Å². The third-order valence-corrected chi connectivity index (χ3v) is 4.21. The van der Waals surface area contributed by atoms with Crippen LogP contribution in [0.1, 0.15) is 30.0 Å². The summed E-state index contributed by atoms with van der Waals surface area (Å²) in [5, 5.41) is 10.8. The molecule has 1 fully saturated rings. The summed E-state index contributed by atoms with van der Waals surface area (Å²) in [6, 6.07) is 12.1. The van der Waals surface area contributed by atoms with Gasteiger partial charge in [0, 0.05) is 25.2 Å². The average molecular weight is 361 g/mol. The highest BCUT2D eigenvalue weighted by atomic mass is 35.5. The zero-order chi connectivity index (χ0) is 16.6. The van der Waals surface area contributed by atoms with Crippen molar-refractivity contribution in [2.75, 3.05) is 19.6 Å². The second-order valence-electron chi connectivity index (χ2n) is 6.10. The van der Waals surface area contributed by atoms with Gasteiger partial charge in [0.2, 0.25) is 5.91 Å². The summed E-state index contributed by atoms with van der Waals surface area (Å²) in [7, 11) is 0. The smallest absolute Gasteiger partial charge is 0.241 e. The maximum atomic E-state index is 12.0. The Kier molecular flexibility index (Phi) is 7.70. The van der Waals surface area contributed by atoms with Crippen molar-refractivity contribution in [2.45, 2.75) is 25.3 Å². The number of nitrogens with one attached hydrogen (secondary N) is 2. The van der Waals surface area contributed by atoms with Crippen molar-refractivity contribution in [2.24, 2.45) is 0 Å². The molecule has 6 heteroatoms. The molecule has 1 amide bonds. The molecule has 25 heavy (non-hydrogen) atoms. The average Bonchev–Trinajstić information content (AvgIpc) is 3.09. The molecule has 1 atom stereocenters. The fourth-order valence-electron chi connectivity index (χ4n) is 2.92. The van der Waals surface area contributed by atoms with Crippen molar-refractivity contribution in [3.63, 3.8) is 0 Å². The van der Waals surface area contributed by atoms with Crippen LogP contribution < -0.4 is 10.6 Å². The number of piperidine rings is 1. The van der Waals surface area contributed by atoms with E-state index in [1.165, 1.54) is 12.8 Å². The van der Waals surface area contributed by atoms with Crippen molar-refractivity contribution in [1.82, 2.24) is 20.4 Å². The first kappa shape index (κ1) is 19.2. The number of rotatable bonds is 6. The van der Waals surface area contributed by atoms with Gasteiger partial charge in [-0.1, -0.05) is 42.5 Å². The van der Waals surface area contributed by atoms with Gasteiger partial charge in [0.05, 0.1) is 5.69 Å². The number of hydrogen-bond acceptors (Lipinski definition) is 3. The summed E-state index contributed by atoms with van der Waals surface area (Å²) in [5.74, 6) is 0.445. The predicted molar refractivity (Wildman–Crippen MR) is 103 cm³/mol. The van der Waals surface area contributed by atoms with Gasteiger partial charge in [-0.2, -0.15) is 5.10 Å². The topological polar surface area (TPSA) is 59.0 Å². The molecule has 5 nitrogen and oxygen atoms in total. The molecule has 0 aliphatic carbocycles. The minimum atomic E-state index is -0.0240. The molecule has 2 N–H and O–H groups in total. The van der Waals surface area contributed by atoms with Crippen LogP contribution in [0.4, 0.5) is 0 Å². The summed E-state index contributed by atoms with van der Waals surface area (Å²) >= 11 is 0. The molecule has 1 aromatic carbocycles. The van der Waals surface area contributed by atoms with E-state index in [1.54, 1.807) is 4.68 Å². The standard InChI is InChI=1S/C19H24N4O.ClH/c24-19(21-12-4-8-16-6-2-1-3-7-16)15-23-13-10-18(22-23)17-9-5-11-20-14-17;/h1-4,6-8,10,13,17,20H,5,9,11-12,14-15H2,(H,21,24);1H/b8-4+;. The van der Waals surface area contributed by atoms with Gasteiger partial charge in [-0.3, -0.25) is 9.48 Å². The summed E-state index contributed by atoms with van der Waals surface area (Å²) in [6.45, 7) is 2.86. The Balaban J connectivity index is 0.00000225. The lowest BCUT2D eigenvalue weighted by Crippen LogP contribution is -2.29. The van der Waals surface area contributed by atoms with Crippen molar-refractivity contribution < 1.29 is 4.79 Å². The molecule has 0 spiro atoms. The van der Waals surface area contributed by atoms with E-state index in [2.05, 4.69) is 15.7 Å². The first-order valence-electron chi connectivity index (χ1n) is 8.53.